The van der Waals surface area contributed by atoms with Gasteiger partial charge in [0, 0.05) is 13.1 Å². The second kappa shape index (κ2) is 7.00. The lowest BCUT2D eigenvalue weighted by Gasteiger charge is -2.24. The topological polar surface area (TPSA) is 88.4 Å². The number of nitrogen functional groups attached to an aromatic ring is 1. The number of hydrogen-bond donors (Lipinski definition) is 4. The van der Waals surface area contributed by atoms with Crippen LogP contribution in [0, 0.1) is 0 Å². The maximum absolute atomic E-state index is 11.9. The summed E-state index contributed by atoms with van der Waals surface area (Å²) < 4.78 is 5.82. The Morgan fingerprint density at radius 1 is 1.43 bits per heavy atom. The highest BCUT2D eigenvalue weighted by molar-refractivity contribution is 7.19. The maximum Gasteiger partial charge on any atom is 0.263 e. The summed E-state index contributed by atoms with van der Waals surface area (Å²) in [6, 6.07) is 0.386. The molecule has 2 rings (SSSR count). The van der Waals surface area contributed by atoms with Gasteiger partial charge in [-0.3, -0.25) is 4.79 Å². The number of ether oxygens (including phenoxy) is 1. The number of amides is 1. The predicted molar refractivity (Wildman–Crippen MR) is 87.4 cm³/mol. The minimum absolute atomic E-state index is 0.00742. The van der Waals surface area contributed by atoms with Crippen molar-refractivity contribution in [3.63, 3.8) is 0 Å². The first-order chi connectivity index (χ1) is 10.0. The van der Waals surface area contributed by atoms with Crippen molar-refractivity contribution in [3.05, 3.63) is 4.88 Å². The molecule has 1 aromatic heterocycles. The Kier molecular flexibility index (Phi) is 5.30. The van der Waals surface area contributed by atoms with E-state index in [0.29, 0.717) is 22.4 Å². The highest BCUT2D eigenvalue weighted by Crippen LogP contribution is 2.43. The van der Waals surface area contributed by atoms with E-state index in [9.17, 15) is 4.79 Å². The van der Waals surface area contributed by atoms with E-state index in [1.807, 2.05) is 13.8 Å². The Balaban J connectivity index is 2.26. The van der Waals surface area contributed by atoms with Gasteiger partial charge in [-0.15, -0.1) is 11.3 Å². The first-order valence-electron chi connectivity index (χ1n) is 7.31. The third kappa shape index (κ3) is 3.79. The van der Waals surface area contributed by atoms with E-state index in [1.54, 1.807) is 7.05 Å². The molecule has 1 aromatic rings. The van der Waals surface area contributed by atoms with Gasteiger partial charge in [0.2, 0.25) is 0 Å². The van der Waals surface area contributed by atoms with Crippen molar-refractivity contribution in [1.82, 2.24) is 10.6 Å². The van der Waals surface area contributed by atoms with Crippen molar-refractivity contribution in [2.24, 2.45) is 0 Å². The molecule has 0 bridgehead atoms. The van der Waals surface area contributed by atoms with E-state index in [4.69, 9.17) is 10.5 Å². The minimum Gasteiger partial charge on any atom is -0.486 e. The van der Waals surface area contributed by atoms with Gasteiger partial charge < -0.3 is 26.4 Å². The molecule has 0 radical (unpaired) electrons. The maximum atomic E-state index is 11.9. The first kappa shape index (κ1) is 15.9. The van der Waals surface area contributed by atoms with Gasteiger partial charge in [-0.25, -0.2) is 0 Å². The van der Waals surface area contributed by atoms with Crippen LogP contribution in [0.2, 0.25) is 0 Å². The van der Waals surface area contributed by atoms with Crippen LogP contribution in [-0.2, 0) is 0 Å². The van der Waals surface area contributed by atoms with Crippen molar-refractivity contribution in [2.75, 3.05) is 31.2 Å². The van der Waals surface area contributed by atoms with Crippen molar-refractivity contribution in [2.45, 2.75) is 38.8 Å². The largest absolute Gasteiger partial charge is 0.486 e. The van der Waals surface area contributed by atoms with Crippen LogP contribution in [0.15, 0.2) is 0 Å². The van der Waals surface area contributed by atoms with Crippen LogP contribution in [0.1, 0.15) is 36.4 Å². The average molecular weight is 312 g/mol. The van der Waals surface area contributed by atoms with Crippen LogP contribution in [-0.4, -0.2) is 38.2 Å². The molecule has 0 saturated carbocycles. The molecule has 1 saturated heterocycles. The summed E-state index contributed by atoms with van der Waals surface area (Å²) in [6.07, 6.45) is 2.11. The Hall–Kier alpha value is -1.47. The summed E-state index contributed by atoms with van der Waals surface area (Å²) >= 11 is 1.36. The molecule has 0 aliphatic carbocycles. The molecule has 5 N–H and O–H groups in total. The zero-order valence-electron chi connectivity index (χ0n) is 12.8. The van der Waals surface area contributed by atoms with Gasteiger partial charge in [0.05, 0.1) is 6.10 Å². The summed E-state index contributed by atoms with van der Waals surface area (Å²) in [7, 11) is 1.60. The zero-order valence-corrected chi connectivity index (χ0v) is 13.6. The van der Waals surface area contributed by atoms with Gasteiger partial charge in [0.15, 0.2) is 5.75 Å². The smallest absolute Gasteiger partial charge is 0.263 e. The molecule has 0 atom stereocenters. The predicted octanol–water partition coefficient (Wildman–Crippen LogP) is 1.64. The monoisotopic (exact) mass is 312 g/mol. The molecule has 1 aliphatic rings. The summed E-state index contributed by atoms with van der Waals surface area (Å²) in [5.74, 6) is 0.427. The molecule has 0 spiro atoms. The molecule has 6 nitrogen and oxygen atoms in total. The second-order valence-electron chi connectivity index (χ2n) is 5.42. The van der Waals surface area contributed by atoms with Gasteiger partial charge >= 0.3 is 0 Å². The Morgan fingerprint density at radius 2 is 2.10 bits per heavy atom. The van der Waals surface area contributed by atoms with Crippen LogP contribution < -0.4 is 26.4 Å². The van der Waals surface area contributed by atoms with Gasteiger partial charge in [-0.1, -0.05) is 0 Å². The fourth-order valence-corrected chi connectivity index (χ4v) is 3.39. The number of hydrogen-bond acceptors (Lipinski definition) is 6. The van der Waals surface area contributed by atoms with Crippen LogP contribution in [0.3, 0.4) is 0 Å². The molecule has 0 unspecified atom stereocenters. The SMILES string of the molecule is CNC(=O)c1sc(NC2CCNCC2)c(OC(C)C)c1N. The molecule has 1 aliphatic heterocycles. The summed E-state index contributed by atoms with van der Waals surface area (Å²) in [5, 5.41) is 10.3. The number of piperidine rings is 1. The first-order valence-corrected chi connectivity index (χ1v) is 8.12. The number of carbonyl (C=O) groups excluding carboxylic acids is 1. The van der Waals surface area contributed by atoms with Crippen molar-refractivity contribution >= 4 is 27.9 Å². The van der Waals surface area contributed by atoms with E-state index in [2.05, 4.69) is 16.0 Å². The number of rotatable bonds is 5. The second-order valence-corrected chi connectivity index (χ2v) is 6.44. The van der Waals surface area contributed by atoms with Crippen LogP contribution >= 0.6 is 11.3 Å². The lowest BCUT2D eigenvalue weighted by atomic mass is 10.1. The quantitative estimate of drug-likeness (QED) is 0.664. The molecule has 2 heterocycles. The molecular formula is C14H24N4O2S. The zero-order chi connectivity index (χ0) is 15.4. The van der Waals surface area contributed by atoms with Crippen LogP contribution in [0.5, 0.6) is 5.75 Å². The molecule has 7 heteroatoms. The van der Waals surface area contributed by atoms with Gasteiger partial charge in [0.25, 0.3) is 5.91 Å². The molecular weight excluding hydrogens is 288 g/mol. The van der Waals surface area contributed by atoms with Crippen molar-refractivity contribution in [3.8, 4) is 5.75 Å². The normalized spacial score (nSPS) is 16.0. The third-order valence-electron chi connectivity index (χ3n) is 3.36. The molecule has 1 fully saturated rings. The average Bonchev–Trinajstić information content (AvgIpc) is 2.76. The Labute approximate surface area is 129 Å². The standard InChI is InChI=1S/C14H24N4O2S/c1-8(2)20-11-10(15)12(13(19)16-3)21-14(11)18-9-4-6-17-7-5-9/h8-9,17-18H,4-7,15H2,1-3H3,(H,16,19). The highest BCUT2D eigenvalue weighted by Gasteiger charge is 2.24. The summed E-state index contributed by atoms with van der Waals surface area (Å²) in [4.78, 5) is 12.4. The fourth-order valence-electron chi connectivity index (χ4n) is 2.31. The number of thiophene rings is 1. The molecule has 118 valence electrons. The third-order valence-corrected chi connectivity index (χ3v) is 4.48. The van der Waals surface area contributed by atoms with Gasteiger partial charge in [-0.05, 0) is 39.8 Å². The number of nitrogens with one attached hydrogen (secondary N) is 3. The van der Waals surface area contributed by atoms with E-state index >= 15 is 0 Å². The summed E-state index contributed by atoms with van der Waals surface area (Å²) in [5.41, 5.74) is 6.53. The molecule has 0 aromatic carbocycles. The lowest BCUT2D eigenvalue weighted by molar-refractivity contribution is 0.0967. The molecule has 21 heavy (non-hydrogen) atoms. The van der Waals surface area contributed by atoms with Gasteiger partial charge in [0.1, 0.15) is 15.6 Å². The van der Waals surface area contributed by atoms with E-state index in [-0.39, 0.29) is 12.0 Å². The van der Waals surface area contributed by atoms with Gasteiger partial charge in [-0.2, -0.15) is 0 Å². The van der Waals surface area contributed by atoms with Crippen LogP contribution in [0.25, 0.3) is 0 Å². The number of anilines is 2. The lowest BCUT2D eigenvalue weighted by Crippen LogP contribution is -2.35. The summed E-state index contributed by atoms with van der Waals surface area (Å²) in [6.45, 7) is 5.90. The van der Waals surface area contributed by atoms with E-state index < -0.39 is 0 Å². The minimum atomic E-state index is -0.176. The van der Waals surface area contributed by atoms with Crippen molar-refractivity contribution < 1.29 is 9.53 Å². The highest BCUT2D eigenvalue weighted by atomic mass is 32.1. The fraction of sp³-hybridized carbons (Fsp3) is 0.643. The number of nitrogens with two attached hydrogens (primary N) is 1. The van der Waals surface area contributed by atoms with Crippen LogP contribution in [0.4, 0.5) is 10.7 Å². The Bertz CT molecular complexity index is 495. The van der Waals surface area contributed by atoms with E-state index in [0.717, 1.165) is 30.9 Å². The van der Waals surface area contributed by atoms with E-state index in [1.165, 1.54) is 11.3 Å². The van der Waals surface area contributed by atoms with Crippen molar-refractivity contribution in [1.29, 1.82) is 0 Å². The Morgan fingerprint density at radius 3 is 2.67 bits per heavy atom. The number of carbonyl (C=O) groups is 1. The molecule has 1 amide bonds.